The third kappa shape index (κ3) is 1.76. The van der Waals surface area contributed by atoms with Gasteiger partial charge in [-0.1, -0.05) is 0 Å². The molecule has 2 amide bonds. The van der Waals surface area contributed by atoms with Crippen molar-refractivity contribution in [1.82, 2.24) is 19.6 Å². The van der Waals surface area contributed by atoms with Crippen LogP contribution in [-0.2, 0) is 9.59 Å². The van der Waals surface area contributed by atoms with Crippen LogP contribution in [0.2, 0.25) is 0 Å². The maximum atomic E-state index is 11.6. The lowest BCUT2D eigenvalue weighted by atomic mass is 10.3. The van der Waals surface area contributed by atoms with Gasteiger partial charge in [0.05, 0.1) is 6.20 Å². The molecule has 20 heavy (non-hydrogen) atoms. The normalized spacial score (nSPS) is 14.9. The standard InChI is InChI=1S/C12H10N6O2/c1-7-4-9(16-18-10(19)2-3-11(18)20)17-12(15-7)8(5-13)6-14-17/h4,6,16H,2-3H2,1H3. The number of imide groups is 1. The number of rotatable bonds is 2. The van der Waals surface area contributed by atoms with Gasteiger partial charge in [-0.25, -0.2) is 4.98 Å². The van der Waals surface area contributed by atoms with Gasteiger partial charge < -0.3 is 0 Å². The van der Waals surface area contributed by atoms with Crippen LogP contribution >= 0.6 is 0 Å². The van der Waals surface area contributed by atoms with E-state index in [1.165, 1.54) is 10.7 Å². The number of fused-ring (bicyclic) bond motifs is 1. The molecule has 2 aromatic rings. The van der Waals surface area contributed by atoms with Crippen LogP contribution in [0.3, 0.4) is 0 Å². The van der Waals surface area contributed by atoms with Crippen LogP contribution in [0.25, 0.3) is 5.65 Å². The van der Waals surface area contributed by atoms with E-state index in [1.807, 2.05) is 6.07 Å². The number of carbonyl (C=O) groups is 2. The topological polar surface area (TPSA) is 103 Å². The number of hydrazine groups is 1. The summed E-state index contributed by atoms with van der Waals surface area (Å²) in [7, 11) is 0. The number of aryl methyl sites for hydroxylation is 1. The van der Waals surface area contributed by atoms with Gasteiger partial charge in [-0.2, -0.15) is 19.9 Å². The van der Waals surface area contributed by atoms with Crippen molar-refractivity contribution in [3.63, 3.8) is 0 Å². The van der Waals surface area contributed by atoms with Gasteiger partial charge in [-0.3, -0.25) is 15.0 Å². The third-order valence-electron chi connectivity index (χ3n) is 3.00. The van der Waals surface area contributed by atoms with Crippen molar-refractivity contribution >= 4 is 23.3 Å². The lowest BCUT2D eigenvalue weighted by Gasteiger charge is -2.17. The second kappa shape index (κ2) is 4.31. The molecule has 1 N–H and O–H groups in total. The number of amides is 2. The molecular formula is C12H10N6O2. The van der Waals surface area contributed by atoms with Crippen LogP contribution in [-0.4, -0.2) is 31.4 Å². The first-order valence-corrected chi connectivity index (χ1v) is 5.98. The largest absolute Gasteiger partial charge is 0.273 e. The van der Waals surface area contributed by atoms with Gasteiger partial charge in [0.15, 0.2) is 11.5 Å². The minimum absolute atomic E-state index is 0.196. The maximum Gasteiger partial charge on any atom is 0.248 e. The molecule has 0 atom stereocenters. The number of carbonyl (C=O) groups excluding carboxylic acids is 2. The Morgan fingerprint density at radius 2 is 2.05 bits per heavy atom. The Kier molecular flexibility index (Phi) is 2.61. The molecule has 0 aromatic carbocycles. The predicted octanol–water partition coefficient (Wildman–Crippen LogP) is 0.385. The minimum atomic E-state index is -0.287. The fourth-order valence-electron chi connectivity index (χ4n) is 2.06. The molecule has 0 bridgehead atoms. The molecule has 1 aliphatic rings. The lowest BCUT2D eigenvalue weighted by molar-refractivity contribution is -0.136. The van der Waals surface area contributed by atoms with Crippen LogP contribution in [0, 0.1) is 18.3 Å². The number of nitrogens with one attached hydrogen (secondary N) is 1. The third-order valence-corrected chi connectivity index (χ3v) is 3.00. The summed E-state index contributed by atoms with van der Waals surface area (Å²) in [4.78, 5) is 27.5. The van der Waals surface area contributed by atoms with E-state index in [4.69, 9.17) is 5.26 Å². The van der Waals surface area contributed by atoms with E-state index in [1.54, 1.807) is 13.0 Å². The lowest BCUT2D eigenvalue weighted by Crippen LogP contribution is -2.35. The summed E-state index contributed by atoms with van der Waals surface area (Å²) in [6.45, 7) is 1.76. The van der Waals surface area contributed by atoms with Crippen LogP contribution in [0.4, 0.5) is 5.82 Å². The van der Waals surface area contributed by atoms with Gasteiger partial charge in [0, 0.05) is 24.6 Å². The van der Waals surface area contributed by atoms with Crippen LogP contribution in [0.5, 0.6) is 0 Å². The number of hydrogen-bond donors (Lipinski definition) is 1. The SMILES string of the molecule is Cc1cc(NN2C(=O)CCC2=O)n2ncc(C#N)c2n1. The molecule has 2 aromatic heterocycles. The van der Waals surface area contributed by atoms with E-state index in [0.29, 0.717) is 22.7 Å². The molecule has 8 nitrogen and oxygen atoms in total. The fraction of sp³-hybridized carbons (Fsp3) is 0.250. The summed E-state index contributed by atoms with van der Waals surface area (Å²) in [6, 6.07) is 3.65. The molecule has 100 valence electrons. The zero-order chi connectivity index (χ0) is 14.3. The molecule has 0 saturated carbocycles. The number of hydrogen-bond acceptors (Lipinski definition) is 6. The smallest absolute Gasteiger partial charge is 0.248 e. The molecule has 1 saturated heterocycles. The molecule has 8 heteroatoms. The van der Waals surface area contributed by atoms with Gasteiger partial charge in [-0.05, 0) is 6.92 Å². The van der Waals surface area contributed by atoms with E-state index in [9.17, 15) is 9.59 Å². The average Bonchev–Trinajstić information content (AvgIpc) is 2.96. The van der Waals surface area contributed by atoms with Gasteiger partial charge in [0.2, 0.25) is 11.8 Å². The number of nitrogens with zero attached hydrogens (tertiary/aromatic N) is 5. The molecule has 3 heterocycles. The molecule has 1 fully saturated rings. The van der Waals surface area contributed by atoms with Crippen molar-refractivity contribution in [2.75, 3.05) is 5.43 Å². The highest BCUT2D eigenvalue weighted by Crippen LogP contribution is 2.18. The van der Waals surface area contributed by atoms with Crippen molar-refractivity contribution in [3.05, 3.63) is 23.5 Å². The molecule has 0 unspecified atom stereocenters. The molecule has 0 aliphatic carbocycles. The van der Waals surface area contributed by atoms with Gasteiger partial charge in [0.1, 0.15) is 11.6 Å². The summed E-state index contributed by atoms with van der Waals surface area (Å²) >= 11 is 0. The maximum absolute atomic E-state index is 11.6. The first kappa shape index (κ1) is 12.1. The first-order valence-electron chi connectivity index (χ1n) is 5.98. The van der Waals surface area contributed by atoms with E-state index in [2.05, 4.69) is 15.5 Å². The monoisotopic (exact) mass is 270 g/mol. The minimum Gasteiger partial charge on any atom is -0.273 e. The van der Waals surface area contributed by atoms with Crippen molar-refractivity contribution < 1.29 is 9.59 Å². The molecular weight excluding hydrogens is 260 g/mol. The van der Waals surface area contributed by atoms with E-state index < -0.39 is 0 Å². The van der Waals surface area contributed by atoms with E-state index >= 15 is 0 Å². The highest BCUT2D eigenvalue weighted by Gasteiger charge is 2.30. The Hall–Kier alpha value is -2.95. The molecule has 0 spiro atoms. The van der Waals surface area contributed by atoms with Crippen molar-refractivity contribution in [2.24, 2.45) is 0 Å². The quantitative estimate of drug-likeness (QED) is 0.791. The Labute approximate surface area is 113 Å². The Morgan fingerprint density at radius 1 is 1.35 bits per heavy atom. The summed E-state index contributed by atoms with van der Waals surface area (Å²) in [5.41, 5.74) is 4.11. The summed E-state index contributed by atoms with van der Waals surface area (Å²) in [5.74, 6) is -0.159. The van der Waals surface area contributed by atoms with Crippen molar-refractivity contribution in [1.29, 1.82) is 5.26 Å². The second-order valence-electron chi connectivity index (χ2n) is 4.42. The number of aromatic nitrogens is 3. The fourth-order valence-corrected chi connectivity index (χ4v) is 2.06. The number of nitriles is 1. The van der Waals surface area contributed by atoms with E-state index in [0.717, 1.165) is 5.01 Å². The second-order valence-corrected chi connectivity index (χ2v) is 4.42. The molecule has 0 radical (unpaired) electrons. The summed E-state index contributed by atoms with van der Waals surface area (Å²) in [5, 5.41) is 14.0. The average molecular weight is 270 g/mol. The predicted molar refractivity (Wildman–Crippen MR) is 67.1 cm³/mol. The first-order chi connectivity index (χ1) is 9.60. The van der Waals surface area contributed by atoms with Gasteiger partial charge in [-0.15, -0.1) is 0 Å². The van der Waals surface area contributed by atoms with Crippen molar-refractivity contribution in [2.45, 2.75) is 19.8 Å². The highest BCUT2D eigenvalue weighted by molar-refractivity contribution is 6.02. The Balaban J connectivity index is 2.08. The van der Waals surface area contributed by atoms with Crippen LogP contribution < -0.4 is 5.43 Å². The van der Waals surface area contributed by atoms with E-state index in [-0.39, 0.29) is 24.7 Å². The van der Waals surface area contributed by atoms with Gasteiger partial charge in [0.25, 0.3) is 0 Å². The van der Waals surface area contributed by atoms with Crippen molar-refractivity contribution in [3.8, 4) is 6.07 Å². The zero-order valence-corrected chi connectivity index (χ0v) is 10.6. The molecule has 3 rings (SSSR count). The zero-order valence-electron chi connectivity index (χ0n) is 10.6. The summed E-state index contributed by atoms with van der Waals surface area (Å²) in [6.07, 6.45) is 1.78. The highest BCUT2D eigenvalue weighted by atomic mass is 16.2. The van der Waals surface area contributed by atoms with Crippen LogP contribution in [0.15, 0.2) is 12.3 Å². The number of anilines is 1. The summed E-state index contributed by atoms with van der Waals surface area (Å²) < 4.78 is 1.39. The molecule has 1 aliphatic heterocycles. The Morgan fingerprint density at radius 3 is 2.70 bits per heavy atom. The van der Waals surface area contributed by atoms with Crippen LogP contribution in [0.1, 0.15) is 24.1 Å². The van der Waals surface area contributed by atoms with Gasteiger partial charge >= 0.3 is 0 Å². The Bertz CT molecular complexity index is 756.